The van der Waals surface area contributed by atoms with E-state index in [1.807, 2.05) is 23.9 Å². The van der Waals surface area contributed by atoms with Crippen LogP contribution in [0.2, 0.25) is 20.1 Å². The molecule has 2 aliphatic heterocycles. The van der Waals surface area contributed by atoms with Gasteiger partial charge in [0.25, 0.3) is 0 Å². The molecule has 418 valence electrons. The first-order valence-electron chi connectivity index (χ1n) is 24.6. The Bertz CT molecular complexity index is 2660. The van der Waals surface area contributed by atoms with E-state index < -0.39 is 43.5 Å². The minimum Gasteiger partial charge on any atom is -0.378 e. The first-order valence-corrected chi connectivity index (χ1v) is 29.1. The van der Waals surface area contributed by atoms with Crippen LogP contribution in [0, 0.1) is 11.6 Å². The van der Waals surface area contributed by atoms with Crippen molar-refractivity contribution >= 4 is 78.5 Å². The third-order valence-electron chi connectivity index (χ3n) is 12.4. The number of hydrogen-bond acceptors (Lipinski definition) is 12. The smallest absolute Gasteiger partial charge is 0.314 e. The summed E-state index contributed by atoms with van der Waals surface area (Å²) in [7, 11) is -4.20. The van der Waals surface area contributed by atoms with Crippen LogP contribution in [0.15, 0.2) is 70.5 Å². The first-order chi connectivity index (χ1) is 36.3. The van der Waals surface area contributed by atoms with Gasteiger partial charge < -0.3 is 50.0 Å². The summed E-state index contributed by atoms with van der Waals surface area (Å²) >= 11 is 25.5. The minimum absolute atomic E-state index is 0.0218. The predicted molar refractivity (Wildman–Crippen MR) is 288 cm³/mol. The van der Waals surface area contributed by atoms with E-state index in [0.29, 0.717) is 72.2 Å². The molecule has 0 radical (unpaired) electrons. The molecule has 26 heteroatoms. The van der Waals surface area contributed by atoms with Crippen LogP contribution in [-0.4, -0.2) is 158 Å². The summed E-state index contributed by atoms with van der Waals surface area (Å²) in [6.07, 6.45) is 1.25. The normalized spacial score (nSPS) is 16.0. The molecule has 0 aromatic heterocycles. The van der Waals surface area contributed by atoms with Crippen LogP contribution in [0.5, 0.6) is 0 Å². The highest BCUT2D eigenvalue weighted by molar-refractivity contribution is 7.89. The van der Waals surface area contributed by atoms with Crippen molar-refractivity contribution in [2.24, 2.45) is 0 Å². The van der Waals surface area contributed by atoms with E-state index >= 15 is 8.78 Å². The average Bonchev–Trinajstić information content (AvgIpc) is 3.38. The zero-order valence-corrected chi connectivity index (χ0v) is 46.8. The second kappa shape index (κ2) is 29.8. The standard InChI is InChI=1S/C50H64Cl4F2N8O10S2/c1-63-29-41(37-23-33(51)25-45(53)43(37)31-63)39-27-35(5-7-47(39)55)75(67,68)61-13-17-73-21-19-71-15-11-59-49(65)57-9-3-4-10-58-50(66)60-12-16-72-20-22-74-18-14-62-76(69,70)36-6-8-48(56)40(28-36)42-30-64(2)32-44-38(42)24-34(52)26-46(44)54/h5-8,23-28,41-42,61-62H,3-4,9-22,29-32H2,1-2H3,(H2,57,59,65)(H2,58,60,66). The Morgan fingerprint density at radius 2 is 0.868 bits per heavy atom. The van der Waals surface area contributed by atoms with Crippen LogP contribution < -0.4 is 30.7 Å². The summed E-state index contributed by atoms with van der Waals surface area (Å²) in [6.45, 7) is 4.66. The fourth-order valence-corrected chi connectivity index (χ4v) is 11.9. The van der Waals surface area contributed by atoms with Gasteiger partial charge in [0.2, 0.25) is 20.0 Å². The number of likely N-dealkylation sites (N-methyl/N-ethyl adjacent to an activating group) is 2. The van der Waals surface area contributed by atoms with Crippen LogP contribution in [-0.2, 0) is 52.1 Å². The summed E-state index contributed by atoms with van der Waals surface area (Å²) in [4.78, 5) is 28.0. The summed E-state index contributed by atoms with van der Waals surface area (Å²) in [6, 6.07) is 13.5. The maximum absolute atomic E-state index is 15.2. The molecule has 4 aromatic carbocycles. The molecule has 0 spiro atoms. The van der Waals surface area contributed by atoms with Crippen molar-refractivity contribution in [1.82, 2.24) is 40.5 Å². The highest BCUT2D eigenvalue weighted by Crippen LogP contribution is 2.41. The van der Waals surface area contributed by atoms with E-state index in [0.717, 1.165) is 34.4 Å². The van der Waals surface area contributed by atoms with Crippen LogP contribution in [0.4, 0.5) is 18.4 Å². The van der Waals surface area contributed by atoms with Crippen molar-refractivity contribution in [2.75, 3.05) is 119 Å². The van der Waals surface area contributed by atoms with E-state index in [1.165, 1.54) is 24.3 Å². The lowest BCUT2D eigenvalue weighted by molar-refractivity contribution is 0.0516. The second-order valence-electron chi connectivity index (χ2n) is 18.1. The molecule has 2 atom stereocenters. The highest BCUT2D eigenvalue weighted by atomic mass is 35.5. The lowest BCUT2D eigenvalue weighted by Crippen LogP contribution is -2.39. The molecular formula is C50H64Cl4F2N8O10S2. The van der Waals surface area contributed by atoms with Crippen molar-refractivity contribution in [2.45, 2.75) is 47.6 Å². The SMILES string of the molecule is CN1Cc2c(Cl)cc(Cl)cc2C(c2cc(S(=O)(=O)NCCOCCOCCNC(=O)NCCCCNC(=O)NCCOCCOCCNS(=O)(=O)c3ccc(F)c(C4CN(C)Cc5c(Cl)cc(Cl)cc54)c3)ccc2F)C1. The van der Waals surface area contributed by atoms with Crippen LogP contribution >= 0.6 is 46.4 Å². The number of nitrogens with zero attached hydrogens (tertiary/aromatic N) is 2. The third kappa shape index (κ3) is 18.3. The topological polar surface area (TPSA) is 218 Å². The number of nitrogens with one attached hydrogen (secondary N) is 6. The molecule has 4 aromatic rings. The van der Waals surface area contributed by atoms with Gasteiger partial charge in [0.05, 0.1) is 62.6 Å². The molecule has 2 unspecified atom stereocenters. The number of benzene rings is 4. The molecule has 0 saturated carbocycles. The Balaban J connectivity index is 0.719. The number of carbonyl (C=O) groups excluding carboxylic acids is 2. The number of rotatable bonds is 29. The molecule has 4 amide bonds. The van der Waals surface area contributed by atoms with Crippen molar-refractivity contribution in [3.8, 4) is 0 Å². The fraction of sp³-hybridized carbons (Fsp3) is 0.480. The number of unbranched alkanes of at least 4 members (excludes halogenated alkanes) is 1. The van der Waals surface area contributed by atoms with E-state index in [1.54, 1.807) is 24.3 Å². The van der Waals surface area contributed by atoms with E-state index in [9.17, 15) is 26.4 Å². The monoisotopic (exact) mass is 1180 g/mol. The lowest BCUT2D eigenvalue weighted by Gasteiger charge is -2.33. The molecule has 0 bridgehead atoms. The van der Waals surface area contributed by atoms with Crippen molar-refractivity contribution in [3.63, 3.8) is 0 Å². The Labute approximate surface area is 463 Å². The Hall–Kier alpha value is -3.98. The van der Waals surface area contributed by atoms with Gasteiger partial charge in [-0.15, -0.1) is 0 Å². The largest absolute Gasteiger partial charge is 0.378 e. The zero-order valence-electron chi connectivity index (χ0n) is 42.1. The van der Waals surface area contributed by atoms with Gasteiger partial charge in [-0.05, 0) is 121 Å². The molecule has 6 N–H and O–H groups in total. The summed E-state index contributed by atoms with van der Waals surface area (Å²) in [5, 5.41) is 12.6. The van der Waals surface area contributed by atoms with Gasteiger partial charge in [0, 0.05) is 97.4 Å². The third-order valence-corrected chi connectivity index (χ3v) is 16.4. The van der Waals surface area contributed by atoms with Gasteiger partial charge in [-0.25, -0.2) is 44.6 Å². The predicted octanol–water partition coefficient (Wildman–Crippen LogP) is 6.43. The molecule has 0 aliphatic carbocycles. The molecular weight excluding hydrogens is 1120 g/mol. The first kappa shape index (κ1) is 61.2. The lowest BCUT2D eigenvalue weighted by atomic mass is 9.84. The van der Waals surface area contributed by atoms with Gasteiger partial charge in [0.15, 0.2) is 0 Å². The molecule has 0 fully saturated rings. The summed E-state index contributed by atoms with van der Waals surface area (Å²) < 4.78 is 110. The summed E-state index contributed by atoms with van der Waals surface area (Å²) in [5.74, 6) is -2.03. The highest BCUT2D eigenvalue weighted by Gasteiger charge is 2.32. The molecule has 0 saturated heterocycles. The van der Waals surface area contributed by atoms with Gasteiger partial charge >= 0.3 is 12.1 Å². The summed E-state index contributed by atoms with van der Waals surface area (Å²) in [5.41, 5.74) is 3.61. The number of urea groups is 2. The maximum Gasteiger partial charge on any atom is 0.314 e. The average molecular weight is 1180 g/mol. The Kier molecular flexibility index (Phi) is 24.0. The zero-order chi connectivity index (χ0) is 54.8. The van der Waals surface area contributed by atoms with E-state index in [2.05, 4.69) is 30.7 Å². The van der Waals surface area contributed by atoms with E-state index in [-0.39, 0.29) is 112 Å². The molecule has 18 nitrogen and oxygen atoms in total. The van der Waals surface area contributed by atoms with Crippen LogP contribution in [0.25, 0.3) is 0 Å². The maximum atomic E-state index is 15.2. The van der Waals surface area contributed by atoms with Gasteiger partial charge in [0.1, 0.15) is 11.6 Å². The quantitative estimate of drug-likeness (QED) is 0.0324. The number of ether oxygens (including phenoxy) is 4. The minimum atomic E-state index is -3.98. The number of sulfonamides is 2. The Morgan fingerprint density at radius 1 is 0.513 bits per heavy atom. The number of fused-ring (bicyclic) bond motifs is 2. The second-order valence-corrected chi connectivity index (χ2v) is 23.3. The number of halogens is 6. The Morgan fingerprint density at radius 3 is 1.25 bits per heavy atom. The van der Waals surface area contributed by atoms with Gasteiger partial charge in [-0.2, -0.15) is 0 Å². The molecule has 2 aliphatic rings. The van der Waals surface area contributed by atoms with Crippen molar-refractivity contribution in [1.29, 1.82) is 0 Å². The number of amides is 4. The van der Waals surface area contributed by atoms with Crippen LogP contribution in [0.1, 0.15) is 58.1 Å². The van der Waals surface area contributed by atoms with Gasteiger partial charge in [-0.1, -0.05) is 46.4 Å². The van der Waals surface area contributed by atoms with Crippen molar-refractivity contribution < 1.29 is 54.2 Å². The van der Waals surface area contributed by atoms with E-state index in [4.69, 9.17) is 65.4 Å². The number of carbonyl (C=O) groups is 2. The molecule has 2 heterocycles. The van der Waals surface area contributed by atoms with Crippen molar-refractivity contribution in [3.05, 3.63) is 126 Å². The van der Waals surface area contributed by atoms with Crippen LogP contribution in [0.3, 0.4) is 0 Å². The molecule has 6 rings (SSSR count). The fourth-order valence-electron chi connectivity index (χ4n) is 8.69. The number of hydrogen-bond donors (Lipinski definition) is 6. The molecule has 76 heavy (non-hydrogen) atoms. The van der Waals surface area contributed by atoms with Gasteiger partial charge in [-0.3, -0.25) is 0 Å².